The lowest BCUT2D eigenvalue weighted by atomic mass is 10.1. The third-order valence-electron chi connectivity index (χ3n) is 4.49. The highest BCUT2D eigenvalue weighted by Crippen LogP contribution is 2.37. The van der Waals surface area contributed by atoms with Gasteiger partial charge >= 0.3 is 0 Å². The van der Waals surface area contributed by atoms with Crippen LogP contribution < -0.4 is 15.0 Å². The minimum Gasteiger partial charge on any atom is -0.494 e. The van der Waals surface area contributed by atoms with Gasteiger partial charge in [-0.15, -0.1) is 0 Å². The van der Waals surface area contributed by atoms with Gasteiger partial charge in [0.2, 0.25) is 0 Å². The predicted molar refractivity (Wildman–Crippen MR) is 136 cm³/mol. The van der Waals surface area contributed by atoms with E-state index in [9.17, 15) is 9.59 Å². The van der Waals surface area contributed by atoms with Gasteiger partial charge in [0.25, 0.3) is 11.8 Å². The van der Waals surface area contributed by atoms with Crippen molar-refractivity contribution in [1.82, 2.24) is 5.32 Å². The Morgan fingerprint density at radius 2 is 1.88 bits per heavy atom. The van der Waals surface area contributed by atoms with Crippen molar-refractivity contribution in [1.29, 1.82) is 0 Å². The molecule has 1 aliphatic rings. The zero-order chi connectivity index (χ0) is 23.5. The Labute approximate surface area is 213 Å². The van der Waals surface area contributed by atoms with Crippen LogP contribution in [0.2, 0.25) is 5.02 Å². The number of hydrogen-bond acceptors (Lipinski definition) is 6. The van der Waals surface area contributed by atoms with Crippen LogP contribution in [-0.4, -0.2) is 23.5 Å². The Morgan fingerprint density at radius 3 is 2.55 bits per heavy atom. The Bertz CT molecular complexity index is 1260. The third-order valence-corrected chi connectivity index (χ3v) is 6.88. The molecule has 6 nitrogen and oxygen atoms in total. The molecule has 1 N–H and O–H groups in total. The van der Waals surface area contributed by atoms with Crippen molar-refractivity contribution in [2.24, 2.45) is 0 Å². The minimum absolute atomic E-state index is 0.00548. The first-order chi connectivity index (χ1) is 15.9. The van der Waals surface area contributed by atoms with E-state index in [1.165, 1.54) is 22.7 Å². The molecule has 0 radical (unpaired) electrons. The van der Waals surface area contributed by atoms with Gasteiger partial charge in [0, 0.05) is 9.92 Å². The fourth-order valence-electron chi connectivity index (χ4n) is 3.01. The fourth-order valence-corrected chi connectivity index (χ4v) is 4.75. The standard InChI is InChI=1S/C23H16BrClN2O4S2/c1-2-30-15-7-5-14(6-8-15)27-21(29)18(20(28)26-23(27)32)11-16-12-19(24)22(31-16)33-17-9-3-13(25)4-10-17/h3-12H,2H2,1H3,(H,26,28,32)/b18-11+. The topological polar surface area (TPSA) is 71.8 Å². The smallest absolute Gasteiger partial charge is 0.270 e. The van der Waals surface area contributed by atoms with Crippen molar-refractivity contribution in [3.05, 3.63) is 75.4 Å². The van der Waals surface area contributed by atoms with Crippen LogP contribution in [0.1, 0.15) is 12.7 Å². The summed E-state index contributed by atoms with van der Waals surface area (Å²) in [6.45, 7) is 2.41. The Morgan fingerprint density at radius 1 is 1.18 bits per heavy atom. The van der Waals surface area contributed by atoms with Crippen molar-refractivity contribution in [3.8, 4) is 5.75 Å². The summed E-state index contributed by atoms with van der Waals surface area (Å²) in [7, 11) is 0. The molecule has 1 aromatic heterocycles. The fraction of sp³-hybridized carbons (Fsp3) is 0.0870. The van der Waals surface area contributed by atoms with Gasteiger partial charge in [-0.3, -0.25) is 19.8 Å². The molecule has 33 heavy (non-hydrogen) atoms. The molecular weight excluding hydrogens is 548 g/mol. The molecule has 1 aliphatic heterocycles. The van der Waals surface area contributed by atoms with Crippen molar-refractivity contribution in [2.45, 2.75) is 16.9 Å². The monoisotopic (exact) mass is 562 g/mol. The summed E-state index contributed by atoms with van der Waals surface area (Å²) in [5, 5.41) is 3.78. The maximum Gasteiger partial charge on any atom is 0.270 e. The van der Waals surface area contributed by atoms with Gasteiger partial charge in [-0.2, -0.15) is 0 Å². The molecule has 0 saturated carbocycles. The zero-order valence-corrected chi connectivity index (χ0v) is 21.1. The first-order valence-electron chi connectivity index (χ1n) is 9.72. The number of carbonyl (C=O) groups is 2. The van der Waals surface area contributed by atoms with Crippen LogP contribution in [-0.2, 0) is 9.59 Å². The molecular formula is C23H16BrClN2O4S2. The molecule has 1 saturated heterocycles. The number of anilines is 1. The number of benzene rings is 2. The van der Waals surface area contributed by atoms with Crippen LogP contribution in [0.3, 0.4) is 0 Å². The van der Waals surface area contributed by atoms with E-state index in [4.69, 9.17) is 33.0 Å². The lowest BCUT2D eigenvalue weighted by Crippen LogP contribution is -2.54. The highest BCUT2D eigenvalue weighted by molar-refractivity contribution is 9.10. The van der Waals surface area contributed by atoms with Crippen molar-refractivity contribution in [3.63, 3.8) is 0 Å². The van der Waals surface area contributed by atoms with Crippen molar-refractivity contribution < 1.29 is 18.7 Å². The summed E-state index contributed by atoms with van der Waals surface area (Å²) in [6, 6.07) is 15.9. The average Bonchev–Trinajstić information content (AvgIpc) is 3.13. The maximum atomic E-state index is 13.2. The highest BCUT2D eigenvalue weighted by atomic mass is 79.9. The molecule has 0 atom stereocenters. The number of amides is 2. The van der Waals surface area contributed by atoms with E-state index in [2.05, 4.69) is 21.2 Å². The number of hydrogen-bond donors (Lipinski definition) is 1. The molecule has 168 valence electrons. The van der Waals surface area contributed by atoms with E-state index < -0.39 is 11.8 Å². The number of ether oxygens (including phenoxy) is 1. The van der Waals surface area contributed by atoms with E-state index in [1.54, 1.807) is 42.5 Å². The van der Waals surface area contributed by atoms with Gasteiger partial charge in [-0.05, 0) is 95.7 Å². The number of carbonyl (C=O) groups excluding carboxylic acids is 2. The van der Waals surface area contributed by atoms with E-state index in [1.807, 2.05) is 19.1 Å². The average molecular weight is 564 g/mol. The largest absolute Gasteiger partial charge is 0.494 e. The molecule has 3 aromatic rings. The van der Waals surface area contributed by atoms with Crippen LogP contribution in [0, 0.1) is 0 Å². The number of halogens is 2. The summed E-state index contributed by atoms with van der Waals surface area (Å²) >= 11 is 16.0. The van der Waals surface area contributed by atoms with E-state index in [-0.39, 0.29) is 10.7 Å². The quantitative estimate of drug-likeness (QED) is 0.223. The molecule has 1 fully saturated rings. The van der Waals surface area contributed by atoms with E-state index in [0.717, 1.165) is 4.90 Å². The van der Waals surface area contributed by atoms with Crippen LogP contribution in [0.25, 0.3) is 6.08 Å². The molecule has 0 spiro atoms. The van der Waals surface area contributed by atoms with Gasteiger partial charge < -0.3 is 9.15 Å². The molecule has 2 heterocycles. The second-order valence-corrected chi connectivity index (χ2v) is 9.45. The Hall–Kier alpha value is -2.59. The third kappa shape index (κ3) is 5.33. The molecule has 0 unspecified atom stereocenters. The SMILES string of the molecule is CCOc1ccc(N2C(=O)/C(=C/c3cc(Br)c(Sc4ccc(Cl)cc4)o3)C(=O)NC2=S)cc1. The van der Waals surface area contributed by atoms with Gasteiger partial charge in [0.1, 0.15) is 17.1 Å². The Balaban J connectivity index is 1.60. The summed E-state index contributed by atoms with van der Waals surface area (Å²) in [5.74, 6) is -0.127. The van der Waals surface area contributed by atoms with Crippen molar-refractivity contribution >= 4 is 80.2 Å². The predicted octanol–water partition coefficient (Wildman–Crippen LogP) is 6.08. The second kappa shape index (κ2) is 10.1. The summed E-state index contributed by atoms with van der Waals surface area (Å²) < 4.78 is 12.0. The van der Waals surface area contributed by atoms with Crippen molar-refractivity contribution in [2.75, 3.05) is 11.5 Å². The lowest BCUT2D eigenvalue weighted by molar-refractivity contribution is -0.122. The highest BCUT2D eigenvalue weighted by Gasteiger charge is 2.34. The molecule has 0 bridgehead atoms. The molecule has 2 amide bonds. The first-order valence-corrected chi connectivity index (χ1v) is 12.1. The van der Waals surface area contributed by atoms with Crippen LogP contribution in [0.15, 0.2) is 79.0 Å². The molecule has 10 heteroatoms. The van der Waals surface area contributed by atoms with E-state index >= 15 is 0 Å². The minimum atomic E-state index is -0.591. The zero-order valence-electron chi connectivity index (χ0n) is 17.1. The maximum absolute atomic E-state index is 13.2. The summed E-state index contributed by atoms with van der Waals surface area (Å²) in [4.78, 5) is 27.9. The van der Waals surface area contributed by atoms with Crippen LogP contribution >= 0.6 is 51.5 Å². The first kappa shape index (κ1) is 23.6. The normalized spacial score (nSPS) is 15.2. The number of nitrogens with one attached hydrogen (secondary N) is 1. The van der Waals surface area contributed by atoms with Gasteiger partial charge in [0.15, 0.2) is 10.2 Å². The second-order valence-electron chi connectivity index (χ2n) is 6.72. The summed E-state index contributed by atoms with van der Waals surface area (Å²) in [6.07, 6.45) is 1.40. The van der Waals surface area contributed by atoms with Gasteiger partial charge in [-0.1, -0.05) is 23.4 Å². The molecule has 0 aliphatic carbocycles. The van der Waals surface area contributed by atoms with Crippen LogP contribution in [0.4, 0.5) is 5.69 Å². The Kier molecular flexibility index (Phi) is 7.23. The van der Waals surface area contributed by atoms with Gasteiger partial charge in [0.05, 0.1) is 16.8 Å². The van der Waals surface area contributed by atoms with Crippen LogP contribution in [0.5, 0.6) is 5.75 Å². The van der Waals surface area contributed by atoms with E-state index in [0.29, 0.717) is 38.4 Å². The number of thiocarbonyl (C=S) groups is 1. The number of rotatable bonds is 6. The van der Waals surface area contributed by atoms with Gasteiger partial charge in [-0.25, -0.2) is 0 Å². The molecule has 2 aromatic carbocycles. The number of nitrogens with zero attached hydrogens (tertiary/aromatic N) is 1. The lowest BCUT2D eigenvalue weighted by Gasteiger charge is -2.28. The summed E-state index contributed by atoms with van der Waals surface area (Å²) in [5.41, 5.74) is 0.417. The number of furan rings is 1. The molecule has 4 rings (SSSR count).